The van der Waals surface area contributed by atoms with Crippen LogP contribution in [0.3, 0.4) is 0 Å². The molecule has 2 aliphatic rings. The van der Waals surface area contributed by atoms with Crippen LogP contribution >= 0.6 is 0 Å². The van der Waals surface area contributed by atoms with E-state index in [0.29, 0.717) is 25.9 Å². The van der Waals surface area contributed by atoms with E-state index in [2.05, 4.69) is 14.6 Å². The fourth-order valence-electron chi connectivity index (χ4n) is 3.01. The molecule has 11 heteroatoms. The van der Waals surface area contributed by atoms with Gasteiger partial charge in [-0.2, -0.15) is 0 Å². The quantitative estimate of drug-likeness (QED) is 0.783. The number of carbonyl (C=O) groups excluding carboxylic acids is 1. The maximum atomic E-state index is 12.5. The standard InChI is InChI=1S/C16H15F3N2O6/c17-16(18,19)26-11-3-1-10(2-4-11)13(22)21-7-5-15(6-8-21)9-12(20-27-15)25-14(23)24/h1-4H,5-9H2,(H,23,24). The number of alkyl halides is 3. The highest BCUT2D eigenvalue weighted by atomic mass is 19.4. The van der Waals surface area contributed by atoms with Crippen molar-refractivity contribution in [3.05, 3.63) is 29.8 Å². The fourth-order valence-corrected chi connectivity index (χ4v) is 3.01. The number of likely N-dealkylation sites (tertiary alicyclic amines) is 1. The normalized spacial score (nSPS) is 18.6. The Morgan fingerprint density at radius 3 is 2.37 bits per heavy atom. The summed E-state index contributed by atoms with van der Waals surface area (Å²) in [5, 5.41) is 12.2. The maximum absolute atomic E-state index is 12.5. The molecule has 27 heavy (non-hydrogen) atoms. The average Bonchev–Trinajstić information content (AvgIpc) is 2.96. The highest BCUT2D eigenvalue weighted by Gasteiger charge is 2.44. The Bertz CT molecular complexity index is 754. The van der Waals surface area contributed by atoms with Gasteiger partial charge in [0.25, 0.3) is 5.91 Å². The van der Waals surface area contributed by atoms with Crippen molar-refractivity contribution in [1.82, 2.24) is 4.90 Å². The molecule has 1 saturated heterocycles. The Morgan fingerprint density at radius 1 is 1.19 bits per heavy atom. The zero-order valence-electron chi connectivity index (χ0n) is 13.9. The summed E-state index contributed by atoms with van der Waals surface area (Å²) in [6, 6.07) is 4.69. The molecular weight excluding hydrogens is 373 g/mol. The molecule has 0 atom stereocenters. The highest BCUT2D eigenvalue weighted by Crippen LogP contribution is 2.35. The third kappa shape index (κ3) is 4.60. The second kappa shape index (κ2) is 6.97. The van der Waals surface area contributed by atoms with E-state index in [1.807, 2.05) is 0 Å². The first kappa shape index (κ1) is 18.8. The molecule has 0 aliphatic carbocycles. The Balaban J connectivity index is 1.55. The summed E-state index contributed by atoms with van der Waals surface area (Å²) in [6.07, 6.45) is -5.22. The van der Waals surface area contributed by atoms with Gasteiger partial charge in [-0.05, 0) is 24.3 Å². The van der Waals surface area contributed by atoms with Gasteiger partial charge in [-0.1, -0.05) is 5.16 Å². The van der Waals surface area contributed by atoms with E-state index in [9.17, 15) is 22.8 Å². The van der Waals surface area contributed by atoms with Crippen LogP contribution in [0.5, 0.6) is 5.75 Å². The summed E-state index contributed by atoms with van der Waals surface area (Å²) < 4.78 is 44.8. The zero-order chi connectivity index (χ0) is 19.7. The van der Waals surface area contributed by atoms with Crippen molar-refractivity contribution in [1.29, 1.82) is 0 Å². The SMILES string of the molecule is O=C(O)OC1=NOC2(CCN(C(=O)c3ccc(OC(F)(F)F)cc3)CC2)C1. The van der Waals surface area contributed by atoms with Crippen LogP contribution in [0.1, 0.15) is 29.6 Å². The predicted octanol–water partition coefficient (Wildman–Crippen LogP) is 2.99. The van der Waals surface area contributed by atoms with Crippen LogP contribution in [0.15, 0.2) is 29.4 Å². The van der Waals surface area contributed by atoms with Crippen molar-refractivity contribution in [3.8, 4) is 5.75 Å². The van der Waals surface area contributed by atoms with Gasteiger partial charge in [0.15, 0.2) is 0 Å². The molecular formula is C16H15F3N2O6. The van der Waals surface area contributed by atoms with E-state index >= 15 is 0 Å². The van der Waals surface area contributed by atoms with Crippen molar-refractivity contribution in [3.63, 3.8) is 0 Å². The molecule has 1 spiro atoms. The van der Waals surface area contributed by atoms with Gasteiger partial charge in [-0.25, -0.2) is 4.79 Å². The van der Waals surface area contributed by atoms with Crippen LogP contribution in [-0.4, -0.2) is 53.0 Å². The van der Waals surface area contributed by atoms with E-state index in [4.69, 9.17) is 9.94 Å². The molecule has 1 N–H and O–H groups in total. The van der Waals surface area contributed by atoms with Crippen LogP contribution in [0.4, 0.5) is 18.0 Å². The van der Waals surface area contributed by atoms with Crippen molar-refractivity contribution >= 4 is 18.0 Å². The second-order valence-corrected chi connectivity index (χ2v) is 6.17. The topological polar surface area (TPSA) is 97.7 Å². The zero-order valence-corrected chi connectivity index (χ0v) is 13.9. The minimum atomic E-state index is -4.79. The molecule has 0 bridgehead atoms. The van der Waals surface area contributed by atoms with Gasteiger partial charge < -0.3 is 24.3 Å². The number of hydrogen-bond donors (Lipinski definition) is 1. The van der Waals surface area contributed by atoms with Gasteiger partial charge in [0.2, 0.25) is 5.90 Å². The molecule has 0 radical (unpaired) electrons. The molecule has 0 unspecified atom stereocenters. The van der Waals surface area contributed by atoms with Crippen LogP contribution in [0, 0.1) is 0 Å². The molecule has 0 aromatic heterocycles. The van der Waals surface area contributed by atoms with Crippen molar-refractivity contribution in [2.45, 2.75) is 31.2 Å². The molecule has 1 amide bonds. The lowest BCUT2D eigenvalue weighted by atomic mass is 9.88. The van der Waals surface area contributed by atoms with Crippen LogP contribution < -0.4 is 4.74 Å². The van der Waals surface area contributed by atoms with Gasteiger partial charge in [-0.15, -0.1) is 13.2 Å². The summed E-state index contributed by atoms with van der Waals surface area (Å²) in [5.41, 5.74) is -0.467. The minimum absolute atomic E-state index is 0.0254. The first-order chi connectivity index (χ1) is 12.7. The third-order valence-electron chi connectivity index (χ3n) is 4.32. The number of carboxylic acid groups (broad SMARTS) is 1. The summed E-state index contributed by atoms with van der Waals surface area (Å²) in [7, 11) is 0. The van der Waals surface area contributed by atoms with Crippen molar-refractivity contribution < 1.29 is 42.2 Å². The van der Waals surface area contributed by atoms with Crippen molar-refractivity contribution in [2.24, 2.45) is 5.16 Å². The summed E-state index contributed by atoms with van der Waals surface area (Å²) in [6.45, 7) is 0.658. The van der Waals surface area contributed by atoms with Crippen LogP contribution in [0.2, 0.25) is 0 Å². The molecule has 146 valence electrons. The number of oxime groups is 1. The summed E-state index contributed by atoms with van der Waals surface area (Å²) in [4.78, 5) is 29.9. The first-order valence-electron chi connectivity index (χ1n) is 7.97. The van der Waals surface area contributed by atoms with E-state index in [1.165, 1.54) is 12.1 Å². The first-order valence-corrected chi connectivity index (χ1v) is 7.97. The smallest absolute Gasteiger partial charge is 0.449 e. The second-order valence-electron chi connectivity index (χ2n) is 6.17. The molecule has 1 aromatic carbocycles. The lowest BCUT2D eigenvalue weighted by molar-refractivity contribution is -0.274. The highest BCUT2D eigenvalue weighted by molar-refractivity contribution is 5.94. The van der Waals surface area contributed by atoms with Gasteiger partial charge in [0.1, 0.15) is 11.4 Å². The van der Waals surface area contributed by atoms with Crippen LogP contribution in [0.25, 0.3) is 0 Å². The maximum Gasteiger partial charge on any atom is 0.573 e. The summed E-state index contributed by atoms with van der Waals surface area (Å²) >= 11 is 0. The number of amides is 1. The number of nitrogens with zero attached hydrogens (tertiary/aromatic N) is 2. The van der Waals surface area contributed by atoms with Gasteiger partial charge >= 0.3 is 12.5 Å². The largest absolute Gasteiger partial charge is 0.573 e. The van der Waals surface area contributed by atoms with E-state index in [0.717, 1.165) is 12.1 Å². The number of rotatable bonds is 2. The van der Waals surface area contributed by atoms with E-state index < -0.39 is 23.9 Å². The molecule has 0 saturated carbocycles. The number of halogens is 3. The molecule has 2 aliphatic heterocycles. The molecule has 8 nitrogen and oxygen atoms in total. The van der Waals surface area contributed by atoms with E-state index in [1.54, 1.807) is 4.90 Å². The fraction of sp³-hybridized carbons (Fsp3) is 0.438. The van der Waals surface area contributed by atoms with Crippen LogP contribution in [-0.2, 0) is 9.57 Å². The average molecular weight is 388 g/mol. The Hall–Kier alpha value is -2.98. The Labute approximate surface area is 151 Å². The van der Waals surface area contributed by atoms with Gasteiger partial charge in [0, 0.05) is 31.5 Å². The van der Waals surface area contributed by atoms with Gasteiger partial charge in [0.05, 0.1) is 6.42 Å². The molecule has 1 fully saturated rings. The Kier molecular flexibility index (Phi) is 4.85. The van der Waals surface area contributed by atoms with Gasteiger partial charge in [-0.3, -0.25) is 4.79 Å². The minimum Gasteiger partial charge on any atom is -0.449 e. The number of carbonyl (C=O) groups is 2. The number of benzene rings is 1. The van der Waals surface area contributed by atoms with Crippen molar-refractivity contribution in [2.75, 3.05) is 13.1 Å². The molecule has 1 aromatic rings. The number of piperidine rings is 1. The monoisotopic (exact) mass is 388 g/mol. The number of hydrogen-bond acceptors (Lipinski definition) is 6. The molecule has 2 heterocycles. The Morgan fingerprint density at radius 2 is 1.81 bits per heavy atom. The lowest BCUT2D eigenvalue weighted by Crippen LogP contribution is -2.46. The third-order valence-corrected chi connectivity index (χ3v) is 4.32. The molecule has 3 rings (SSSR count). The number of ether oxygens (including phenoxy) is 2. The van der Waals surface area contributed by atoms with E-state index in [-0.39, 0.29) is 23.8 Å². The summed E-state index contributed by atoms with van der Waals surface area (Å²) in [5.74, 6) is -0.758. The predicted molar refractivity (Wildman–Crippen MR) is 83.2 cm³/mol. The lowest BCUT2D eigenvalue weighted by Gasteiger charge is -2.36.